The normalized spacial score (nSPS) is 32.8. The van der Waals surface area contributed by atoms with Crippen molar-refractivity contribution >= 4 is 6.21 Å². The third-order valence-electron chi connectivity index (χ3n) is 7.47. The van der Waals surface area contributed by atoms with E-state index < -0.39 is 0 Å². The van der Waals surface area contributed by atoms with Gasteiger partial charge in [-0.25, -0.2) is 0 Å². The number of nitrogens with one attached hydrogen (secondary N) is 2. The predicted molar refractivity (Wildman–Crippen MR) is 108 cm³/mol. The van der Waals surface area contributed by atoms with E-state index in [0.29, 0.717) is 0 Å². The van der Waals surface area contributed by atoms with E-state index in [4.69, 9.17) is 4.99 Å². The van der Waals surface area contributed by atoms with Gasteiger partial charge in [0.25, 0.3) is 0 Å². The minimum Gasteiger partial charge on any atom is -0.357 e. The second-order valence-corrected chi connectivity index (χ2v) is 9.31. The molecule has 3 nitrogen and oxygen atoms in total. The number of aromatic nitrogens is 2. The third kappa shape index (κ3) is 2.59. The van der Waals surface area contributed by atoms with Crippen molar-refractivity contribution in [2.24, 2.45) is 22.7 Å². The van der Waals surface area contributed by atoms with Crippen molar-refractivity contribution in [1.29, 1.82) is 0 Å². The van der Waals surface area contributed by atoms with Crippen LogP contribution in [0.25, 0.3) is 11.4 Å². The van der Waals surface area contributed by atoms with Crippen molar-refractivity contribution in [3.8, 4) is 11.4 Å². The Bertz CT molecular complexity index is 816. The Morgan fingerprint density at radius 2 is 1.65 bits per heavy atom. The van der Waals surface area contributed by atoms with Crippen LogP contribution in [0.4, 0.5) is 0 Å². The molecule has 4 bridgehead atoms. The zero-order valence-corrected chi connectivity index (χ0v) is 16.4. The fraction of sp³-hybridized carbons (Fsp3) is 0.609. The lowest BCUT2D eigenvalue weighted by Crippen LogP contribution is -2.49. The highest BCUT2D eigenvalue weighted by atomic mass is 14.9. The molecule has 2 N–H and O–H groups in total. The summed E-state index contributed by atoms with van der Waals surface area (Å²) in [6, 6.07) is 4.38. The molecule has 4 aliphatic rings. The lowest BCUT2D eigenvalue weighted by molar-refractivity contribution is 0.00194. The summed E-state index contributed by atoms with van der Waals surface area (Å²) in [5.74, 6) is 2.85. The summed E-state index contributed by atoms with van der Waals surface area (Å²) in [4.78, 5) is 12.4. The molecule has 2 aromatic rings. The SMILES string of the molecule is CCc1ccc(-c2[nH]c(C=NC34CC5CC(CC(C5)C3)C4)c(C)c2C)[nH]1. The fourth-order valence-electron chi connectivity index (χ4n) is 6.33. The van der Waals surface area contributed by atoms with Crippen LogP contribution in [0.2, 0.25) is 0 Å². The molecule has 4 aliphatic carbocycles. The maximum absolute atomic E-state index is 5.25. The monoisotopic (exact) mass is 349 g/mol. The molecule has 4 fully saturated rings. The van der Waals surface area contributed by atoms with Gasteiger partial charge in [0.2, 0.25) is 0 Å². The first-order valence-electron chi connectivity index (χ1n) is 10.5. The highest BCUT2D eigenvalue weighted by Gasteiger charge is 2.50. The molecule has 0 aromatic carbocycles. The molecule has 4 saturated carbocycles. The molecule has 3 heteroatoms. The predicted octanol–water partition coefficient (Wildman–Crippen LogP) is 5.58. The maximum atomic E-state index is 5.25. The quantitative estimate of drug-likeness (QED) is 0.677. The van der Waals surface area contributed by atoms with Crippen LogP contribution in [-0.2, 0) is 6.42 Å². The molecule has 0 atom stereocenters. The van der Waals surface area contributed by atoms with E-state index in [1.54, 1.807) is 0 Å². The molecule has 0 unspecified atom stereocenters. The molecule has 0 amide bonds. The van der Waals surface area contributed by atoms with E-state index in [1.807, 2.05) is 0 Å². The van der Waals surface area contributed by atoms with Crippen LogP contribution < -0.4 is 0 Å². The number of aliphatic imine (C=N–C) groups is 1. The zero-order valence-electron chi connectivity index (χ0n) is 16.4. The summed E-state index contributed by atoms with van der Waals surface area (Å²) in [6.07, 6.45) is 11.6. The van der Waals surface area contributed by atoms with E-state index in [1.165, 1.54) is 72.4 Å². The van der Waals surface area contributed by atoms with Crippen molar-refractivity contribution in [1.82, 2.24) is 9.97 Å². The number of rotatable bonds is 4. The molecular weight excluding hydrogens is 318 g/mol. The molecule has 0 aliphatic heterocycles. The zero-order chi connectivity index (χ0) is 17.9. The van der Waals surface area contributed by atoms with Crippen LogP contribution in [0.3, 0.4) is 0 Å². The Labute approximate surface area is 156 Å². The summed E-state index contributed by atoms with van der Waals surface area (Å²) < 4.78 is 0. The first-order valence-corrected chi connectivity index (χ1v) is 10.5. The standard InChI is InChI=1S/C23H31N3/c1-4-19-5-6-20(25-19)22-15(3)14(2)21(26-22)13-24-23-10-16-7-17(11-23)9-18(8-16)12-23/h5-6,13,16-18,25-26H,4,7-12H2,1-3H3. The van der Waals surface area contributed by atoms with Gasteiger partial charge in [-0.3, -0.25) is 4.99 Å². The first-order chi connectivity index (χ1) is 12.5. The molecule has 0 spiro atoms. The molecule has 0 saturated heterocycles. The topological polar surface area (TPSA) is 43.9 Å². The van der Waals surface area contributed by atoms with Crippen molar-refractivity contribution in [3.05, 3.63) is 34.6 Å². The van der Waals surface area contributed by atoms with Crippen LogP contribution in [0.5, 0.6) is 0 Å². The summed E-state index contributed by atoms with van der Waals surface area (Å²) in [6.45, 7) is 6.63. The van der Waals surface area contributed by atoms with Gasteiger partial charge in [0.1, 0.15) is 0 Å². The smallest absolute Gasteiger partial charge is 0.0657 e. The van der Waals surface area contributed by atoms with Crippen LogP contribution in [0.15, 0.2) is 17.1 Å². The maximum Gasteiger partial charge on any atom is 0.0657 e. The number of hydrogen-bond donors (Lipinski definition) is 2. The third-order valence-corrected chi connectivity index (χ3v) is 7.47. The van der Waals surface area contributed by atoms with Gasteiger partial charge in [-0.15, -0.1) is 0 Å². The van der Waals surface area contributed by atoms with Crippen molar-refractivity contribution in [3.63, 3.8) is 0 Å². The van der Waals surface area contributed by atoms with Crippen molar-refractivity contribution < 1.29 is 0 Å². The van der Waals surface area contributed by atoms with Gasteiger partial charge in [0.15, 0.2) is 0 Å². The van der Waals surface area contributed by atoms with Crippen LogP contribution in [0, 0.1) is 31.6 Å². The summed E-state index contributed by atoms with van der Waals surface area (Å²) in [7, 11) is 0. The molecule has 0 radical (unpaired) electrons. The average Bonchev–Trinajstić information content (AvgIpc) is 3.18. The minimum atomic E-state index is 0.252. The number of aryl methyl sites for hydroxylation is 1. The first kappa shape index (κ1) is 16.4. The highest BCUT2D eigenvalue weighted by molar-refractivity contribution is 5.83. The highest BCUT2D eigenvalue weighted by Crippen LogP contribution is 2.57. The van der Waals surface area contributed by atoms with Gasteiger partial charge < -0.3 is 9.97 Å². The van der Waals surface area contributed by atoms with Gasteiger partial charge in [0.05, 0.1) is 22.6 Å². The lowest BCUT2D eigenvalue weighted by Gasteiger charge is -2.54. The number of hydrogen-bond acceptors (Lipinski definition) is 1. The lowest BCUT2D eigenvalue weighted by atomic mass is 9.53. The summed E-state index contributed by atoms with van der Waals surface area (Å²) >= 11 is 0. The Balaban J connectivity index is 1.44. The number of aromatic amines is 2. The number of nitrogens with zero attached hydrogens (tertiary/aromatic N) is 1. The number of H-pyrrole nitrogens is 2. The van der Waals surface area contributed by atoms with E-state index >= 15 is 0 Å². The van der Waals surface area contributed by atoms with Gasteiger partial charge in [-0.2, -0.15) is 0 Å². The van der Waals surface area contributed by atoms with Crippen LogP contribution in [-0.4, -0.2) is 21.7 Å². The summed E-state index contributed by atoms with van der Waals surface area (Å²) in [5.41, 5.74) is 7.81. The minimum absolute atomic E-state index is 0.252. The largest absolute Gasteiger partial charge is 0.357 e. The molecule has 2 aromatic heterocycles. The second-order valence-electron chi connectivity index (χ2n) is 9.31. The Morgan fingerprint density at radius 3 is 2.23 bits per heavy atom. The van der Waals surface area contributed by atoms with Gasteiger partial charge in [-0.05, 0) is 99.8 Å². The fourth-order valence-corrected chi connectivity index (χ4v) is 6.33. The Kier molecular flexibility index (Phi) is 3.70. The van der Waals surface area contributed by atoms with Gasteiger partial charge in [-0.1, -0.05) is 6.92 Å². The molecule has 2 heterocycles. The van der Waals surface area contributed by atoms with Crippen molar-refractivity contribution in [2.75, 3.05) is 0 Å². The van der Waals surface area contributed by atoms with Crippen molar-refractivity contribution in [2.45, 2.75) is 71.3 Å². The van der Waals surface area contributed by atoms with Gasteiger partial charge >= 0.3 is 0 Å². The molecule has 26 heavy (non-hydrogen) atoms. The van der Waals surface area contributed by atoms with E-state index in [-0.39, 0.29) is 5.54 Å². The van der Waals surface area contributed by atoms with E-state index in [9.17, 15) is 0 Å². The van der Waals surface area contributed by atoms with Crippen LogP contribution >= 0.6 is 0 Å². The Morgan fingerprint density at radius 1 is 1.00 bits per heavy atom. The second kappa shape index (κ2) is 5.87. The van der Waals surface area contributed by atoms with E-state index in [0.717, 1.165) is 24.2 Å². The van der Waals surface area contributed by atoms with E-state index in [2.05, 4.69) is 49.1 Å². The molecular formula is C23H31N3. The Hall–Kier alpha value is -1.77. The molecule has 138 valence electrons. The molecule has 6 rings (SSSR count). The van der Waals surface area contributed by atoms with Gasteiger partial charge in [0, 0.05) is 11.9 Å². The average molecular weight is 350 g/mol. The van der Waals surface area contributed by atoms with Crippen LogP contribution in [0.1, 0.15) is 68.0 Å². The summed E-state index contributed by atoms with van der Waals surface area (Å²) in [5, 5.41) is 0.